The van der Waals surface area contributed by atoms with E-state index in [0.717, 1.165) is 22.4 Å². The third-order valence-corrected chi connectivity index (χ3v) is 4.97. The summed E-state index contributed by atoms with van der Waals surface area (Å²) in [5, 5.41) is 5.08. The minimum Gasteiger partial charge on any atom is -0.310 e. The molecule has 0 radical (unpaired) electrons. The Morgan fingerprint density at radius 1 is 1.07 bits per heavy atom. The highest BCUT2D eigenvalue weighted by Gasteiger charge is 2.16. The molecule has 0 bridgehead atoms. The zero-order valence-corrected chi connectivity index (χ0v) is 15.6. The number of hydrogen-bond donors (Lipinski definition) is 0. The topological polar surface area (TPSA) is 65.1 Å². The first-order valence-electron chi connectivity index (χ1n) is 9.14. The van der Waals surface area contributed by atoms with Crippen molar-refractivity contribution in [2.45, 2.75) is 13.5 Å². The summed E-state index contributed by atoms with van der Waals surface area (Å²) in [7, 11) is 0. The number of hydrogen-bond acceptors (Lipinski definition) is 4. The molecule has 0 aliphatic heterocycles. The predicted molar refractivity (Wildman–Crippen MR) is 108 cm³/mol. The third-order valence-electron chi connectivity index (χ3n) is 4.97. The van der Waals surface area contributed by atoms with Crippen LogP contribution < -0.4 is 5.56 Å². The third kappa shape index (κ3) is 2.87. The Morgan fingerprint density at radius 3 is 2.66 bits per heavy atom. The molecule has 0 saturated carbocycles. The minimum absolute atomic E-state index is 0.141. The van der Waals surface area contributed by atoms with Crippen molar-refractivity contribution in [3.8, 4) is 11.1 Å². The molecule has 0 atom stereocenters. The van der Waals surface area contributed by atoms with Crippen molar-refractivity contribution in [1.82, 2.24) is 24.1 Å². The summed E-state index contributed by atoms with van der Waals surface area (Å²) in [6.45, 7) is 2.31. The number of pyridine rings is 2. The molecule has 4 aromatic heterocycles. The normalized spacial score (nSPS) is 11.4. The lowest BCUT2D eigenvalue weighted by Crippen LogP contribution is -2.21. The summed E-state index contributed by atoms with van der Waals surface area (Å²) in [4.78, 5) is 21.6. The maximum atomic E-state index is 13.3. The second kappa shape index (κ2) is 6.63. The highest BCUT2D eigenvalue weighted by Crippen LogP contribution is 2.28. The highest BCUT2D eigenvalue weighted by atomic mass is 19.1. The van der Waals surface area contributed by atoms with Crippen molar-refractivity contribution >= 4 is 16.6 Å². The molecule has 0 aliphatic carbocycles. The van der Waals surface area contributed by atoms with Gasteiger partial charge >= 0.3 is 0 Å². The SMILES string of the molecule is Cc1nn2c(ncc3c(=O)n(Cc4cccnc4)ccc32)c1-c1ccc(F)cc1. The Balaban J connectivity index is 1.68. The molecule has 1 aromatic carbocycles. The molecule has 0 unspecified atom stereocenters. The molecule has 6 nitrogen and oxygen atoms in total. The molecule has 7 heteroatoms. The van der Waals surface area contributed by atoms with Crippen LogP contribution in [0.1, 0.15) is 11.3 Å². The van der Waals surface area contributed by atoms with Crippen LogP contribution in [-0.4, -0.2) is 24.1 Å². The van der Waals surface area contributed by atoms with Gasteiger partial charge in [0.2, 0.25) is 0 Å². The summed E-state index contributed by atoms with van der Waals surface area (Å²) < 4.78 is 16.6. The van der Waals surface area contributed by atoms with E-state index in [4.69, 9.17) is 0 Å². The van der Waals surface area contributed by atoms with Gasteiger partial charge in [0.25, 0.3) is 5.56 Å². The summed E-state index contributed by atoms with van der Waals surface area (Å²) in [5.41, 5.74) is 4.52. The van der Waals surface area contributed by atoms with E-state index in [0.29, 0.717) is 23.1 Å². The van der Waals surface area contributed by atoms with Gasteiger partial charge in [0.05, 0.1) is 23.1 Å². The molecule has 0 saturated heterocycles. The maximum Gasteiger partial charge on any atom is 0.261 e. The van der Waals surface area contributed by atoms with Crippen LogP contribution >= 0.6 is 0 Å². The van der Waals surface area contributed by atoms with Gasteiger partial charge in [-0.15, -0.1) is 0 Å². The number of fused-ring (bicyclic) bond motifs is 3. The number of nitrogens with zero attached hydrogens (tertiary/aromatic N) is 5. The molecular weight excluding hydrogens is 369 g/mol. The number of benzene rings is 1. The fraction of sp³-hybridized carbons (Fsp3) is 0.0909. The molecule has 0 N–H and O–H groups in total. The first-order chi connectivity index (χ1) is 14.1. The van der Waals surface area contributed by atoms with Crippen LogP contribution in [0.15, 0.2) is 72.0 Å². The Morgan fingerprint density at radius 2 is 1.90 bits per heavy atom. The number of rotatable bonds is 3. The van der Waals surface area contributed by atoms with Gasteiger partial charge in [0, 0.05) is 30.4 Å². The van der Waals surface area contributed by atoms with Crippen LogP contribution in [0.25, 0.3) is 27.7 Å². The van der Waals surface area contributed by atoms with Gasteiger partial charge in [-0.1, -0.05) is 18.2 Å². The van der Waals surface area contributed by atoms with Crippen LogP contribution in [0.3, 0.4) is 0 Å². The molecule has 142 valence electrons. The molecule has 0 amide bonds. The van der Waals surface area contributed by atoms with E-state index in [1.165, 1.54) is 12.1 Å². The minimum atomic E-state index is -0.296. The highest BCUT2D eigenvalue weighted by molar-refractivity contribution is 5.86. The van der Waals surface area contributed by atoms with E-state index in [1.54, 1.807) is 46.0 Å². The monoisotopic (exact) mass is 385 g/mol. The largest absolute Gasteiger partial charge is 0.310 e. The molecule has 0 fully saturated rings. The van der Waals surface area contributed by atoms with Crippen molar-refractivity contribution < 1.29 is 4.39 Å². The molecule has 4 heterocycles. The van der Waals surface area contributed by atoms with Crippen molar-refractivity contribution in [3.05, 3.63) is 94.7 Å². The van der Waals surface area contributed by atoms with Gasteiger partial charge in [0.1, 0.15) is 5.82 Å². The second-order valence-electron chi connectivity index (χ2n) is 6.87. The van der Waals surface area contributed by atoms with E-state index >= 15 is 0 Å². The lowest BCUT2D eigenvalue weighted by molar-refractivity contribution is 0.628. The summed E-state index contributed by atoms with van der Waals surface area (Å²) in [6, 6.07) is 11.9. The predicted octanol–water partition coefficient (Wildman–Crippen LogP) is 3.60. The van der Waals surface area contributed by atoms with Crippen LogP contribution in [0.2, 0.25) is 0 Å². The van der Waals surface area contributed by atoms with Gasteiger partial charge in [-0.2, -0.15) is 5.10 Å². The van der Waals surface area contributed by atoms with Crippen molar-refractivity contribution in [3.63, 3.8) is 0 Å². The maximum absolute atomic E-state index is 13.3. The lowest BCUT2D eigenvalue weighted by Gasteiger charge is -2.08. The summed E-state index contributed by atoms with van der Waals surface area (Å²) in [6.07, 6.45) is 6.78. The summed E-state index contributed by atoms with van der Waals surface area (Å²) in [5.74, 6) is -0.296. The first kappa shape index (κ1) is 17.2. The van der Waals surface area contributed by atoms with Gasteiger partial charge in [-0.3, -0.25) is 9.78 Å². The summed E-state index contributed by atoms with van der Waals surface area (Å²) >= 11 is 0. The fourth-order valence-electron chi connectivity index (χ4n) is 3.58. The molecule has 5 rings (SSSR count). The van der Waals surface area contributed by atoms with Gasteiger partial charge in [-0.05, 0) is 42.3 Å². The van der Waals surface area contributed by atoms with Gasteiger partial charge in [0.15, 0.2) is 5.65 Å². The average Bonchev–Trinajstić information content (AvgIpc) is 3.08. The van der Waals surface area contributed by atoms with E-state index in [2.05, 4.69) is 15.1 Å². The molecule has 0 spiro atoms. The molecule has 29 heavy (non-hydrogen) atoms. The van der Waals surface area contributed by atoms with Crippen LogP contribution in [-0.2, 0) is 6.54 Å². The zero-order valence-electron chi connectivity index (χ0n) is 15.6. The number of aryl methyl sites for hydroxylation is 1. The van der Waals surface area contributed by atoms with E-state index in [9.17, 15) is 9.18 Å². The Hall–Kier alpha value is -3.87. The Kier molecular flexibility index (Phi) is 3.94. The van der Waals surface area contributed by atoms with Crippen LogP contribution in [0.5, 0.6) is 0 Å². The van der Waals surface area contributed by atoms with Gasteiger partial charge < -0.3 is 4.57 Å². The number of aromatic nitrogens is 5. The van der Waals surface area contributed by atoms with Crippen LogP contribution in [0.4, 0.5) is 4.39 Å². The van der Waals surface area contributed by atoms with E-state index in [1.807, 2.05) is 25.1 Å². The zero-order chi connectivity index (χ0) is 20.0. The Bertz CT molecular complexity index is 1410. The van der Waals surface area contributed by atoms with Crippen LogP contribution in [0, 0.1) is 12.7 Å². The average molecular weight is 385 g/mol. The quantitative estimate of drug-likeness (QED) is 0.476. The first-order valence-corrected chi connectivity index (χ1v) is 9.14. The Labute approximate surface area is 164 Å². The smallest absolute Gasteiger partial charge is 0.261 e. The molecule has 5 aromatic rings. The second-order valence-corrected chi connectivity index (χ2v) is 6.87. The molecular formula is C22H16FN5O. The lowest BCUT2D eigenvalue weighted by atomic mass is 10.1. The number of halogens is 1. The molecule has 0 aliphatic rings. The van der Waals surface area contributed by atoms with Crippen molar-refractivity contribution in [2.24, 2.45) is 0 Å². The standard InChI is InChI=1S/C22H16FN5O/c1-14-20(16-4-6-17(23)7-5-16)21-25-12-18-19(28(21)26-14)8-10-27(22(18)29)13-15-3-2-9-24-11-15/h2-12H,13H2,1H3. The van der Waals surface area contributed by atoms with Crippen molar-refractivity contribution in [1.29, 1.82) is 0 Å². The van der Waals surface area contributed by atoms with E-state index in [-0.39, 0.29) is 11.4 Å². The van der Waals surface area contributed by atoms with Gasteiger partial charge in [-0.25, -0.2) is 13.9 Å². The fourth-order valence-corrected chi connectivity index (χ4v) is 3.58. The van der Waals surface area contributed by atoms with Crippen molar-refractivity contribution in [2.75, 3.05) is 0 Å². The van der Waals surface area contributed by atoms with E-state index < -0.39 is 0 Å².